The van der Waals surface area contributed by atoms with Gasteiger partial charge < -0.3 is 0 Å². The van der Waals surface area contributed by atoms with E-state index in [2.05, 4.69) is 73.7 Å². The molecule has 0 aliphatic carbocycles. The minimum absolute atomic E-state index is 1.28. The lowest BCUT2D eigenvalue weighted by atomic mass is 10.0. The van der Waals surface area contributed by atoms with Crippen LogP contribution in [0, 0.1) is 6.92 Å². The maximum absolute atomic E-state index is 2.25. The third-order valence-electron chi connectivity index (χ3n) is 3.13. The number of rotatable bonds is 1. The molecule has 0 nitrogen and oxygen atoms in total. The molecule has 0 aliphatic rings. The molecular weight excluding hydrogens is 204 g/mol. The van der Waals surface area contributed by atoms with Gasteiger partial charge in [0, 0.05) is 0 Å². The Morgan fingerprint density at radius 2 is 1.24 bits per heavy atom. The molecule has 0 amide bonds. The van der Waals surface area contributed by atoms with Crippen LogP contribution < -0.4 is 0 Å². The largest absolute Gasteiger partial charge is 0.0616 e. The van der Waals surface area contributed by atoms with E-state index in [0.717, 1.165) is 0 Å². The van der Waals surface area contributed by atoms with Crippen LogP contribution in [-0.4, -0.2) is 0 Å². The molecule has 3 aromatic rings. The molecule has 3 aromatic carbocycles. The van der Waals surface area contributed by atoms with Crippen molar-refractivity contribution in [2.75, 3.05) is 0 Å². The van der Waals surface area contributed by atoms with Crippen molar-refractivity contribution in [3.05, 3.63) is 72.3 Å². The van der Waals surface area contributed by atoms with Gasteiger partial charge in [-0.3, -0.25) is 0 Å². The average molecular weight is 218 g/mol. The van der Waals surface area contributed by atoms with Gasteiger partial charge >= 0.3 is 0 Å². The molecule has 0 aromatic heterocycles. The van der Waals surface area contributed by atoms with Gasteiger partial charge in [0.1, 0.15) is 0 Å². The van der Waals surface area contributed by atoms with Crippen LogP contribution in [0.4, 0.5) is 0 Å². The van der Waals surface area contributed by atoms with E-state index in [-0.39, 0.29) is 0 Å². The van der Waals surface area contributed by atoms with Crippen LogP contribution in [0.3, 0.4) is 0 Å². The molecule has 0 atom stereocenters. The van der Waals surface area contributed by atoms with Crippen molar-refractivity contribution in [2.45, 2.75) is 6.92 Å². The average Bonchev–Trinajstić information content (AvgIpc) is 2.39. The van der Waals surface area contributed by atoms with Crippen LogP contribution in [0.25, 0.3) is 21.9 Å². The summed E-state index contributed by atoms with van der Waals surface area (Å²) in [5, 5.41) is 2.59. The molecule has 82 valence electrons. The van der Waals surface area contributed by atoms with Gasteiger partial charge in [0.25, 0.3) is 0 Å². The molecule has 3 rings (SSSR count). The van der Waals surface area contributed by atoms with Crippen molar-refractivity contribution in [2.24, 2.45) is 0 Å². The number of fused-ring (bicyclic) bond motifs is 1. The van der Waals surface area contributed by atoms with Crippen LogP contribution in [-0.2, 0) is 0 Å². The molecule has 0 bridgehead atoms. The minimum Gasteiger partial charge on any atom is -0.0616 e. The predicted octanol–water partition coefficient (Wildman–Crippen LogP) is 4.82. The highest BCUT2D eigenvalue weighted by Gasteiger charge is 1.98. The quantitative estimate of drug-likeness (QED) is 0.549. The molecule has 0 radical (unpaired) electrons. The summed E-state index contributed by atoms with van der Waals surface area (Å²) < 4.78 is 0. The first kappa shape index (κ1) is 10.1. The van der Waals surface area contributed by atoms with Crippen molar-refractivity contribution >= 4 is 10.8 Å². The molecule has 0 unspecified atom stereocenters. The van der Waals surface area contributed by atoms with Gasteiger partial charge in [-0.2, -0.15) is 0 Å². The van der Waals surface area contributed by atoms with Gasteiger partial charge in [0.15, 0.2) is 0 Å². The minimum atomic E-state index is 1.28. The van der Waals surface area contributed by atoms with E-state index in [9.17, 15) is 0 Å². The third-order valence-corrected chi connectivity index (χ3v) is 3.13. The normalized spacial score (nSPS) is 10.6. The van der Waals surface area contributed by atoms with E-state index in [4.69, 9.17) is 0 Å². The number of aryl methyl sites for hydroxylation is 1. The molecule has 17 heavy (non-hydrogen) atoms. The molecule has 0 heteroatoms. The highest BCUT2D eigenvalue weighted by Crippen LogP contribution is 2.24. The number of hydrogen-bond donors (Lipinski definition) is 0. The van der Waals surface area contributed by atoms with Gasteiger partial charge in [-0.25, -0.2) is 0 Å². The summed E-state index contributed by atoms with van der Waals surface area (Å²) in [7, 11) is 0. The second-order valence-corrected chi connectivity index (χ2v) is 4.43. The van der Waals surface area contributed by atoms with Gasteiger partial charge in [0.2, 0.25) is 0 Å². The Bertz CT molecular complexity index is 648. The second-order valence-electron chi connectivity index (χ2n) is 4.43. The Kier molecular flexibility index (Phi) is 2.41. The summed E-state index contributed by atoms with van der Waals surface area (Å²) >= 11 is 0. The van der Waals surface area contributed by atoms with Crippen molar-refractivity contribution in [1.82, 2.24) is 0 Å². The fraction of sp³-hybridized carbons (Fsp3) is 0.0588. The standard InChI is InChI=1S/C17H14/c1-13-6-8-15(9-7-13)17-11-10-14-4-2-3-5-16(14)12-17/h2-12H,1H3. The summed E-state index contributed by atoms with van der Waals surface area (Å²) in [5.74, 6) is 0. The van der Waals surface area contributed by atoms with Crippen LogP contribution >= 0.6 is 0 Å². The Hall–Kier alpha value is -2.08. The van der Waals surface area contributed by atoms with E-state index >= 15 is 0 Å². The van der Waals surface area contributed by atoms with Crippen LogP contribution in [0.1, 0.15) is 5.56 Å². The number of benzene rings is 3. The smallest absolute Gasteiger partial charge is 0.0178 e. The summed E-state index contributed by atoms with van der Waals surface area (Å²) in [5.41, 5.74) is 3.86. The summed E-state index contributed by atoms with van der Waals surface area (Å²) in [4.78, 5) is 0. The molecular formula is C17H14. The highest BCUT2D eigenvalue weighted by molar-refractivity contribution is 5.87. The molecule has 0 fully saturated rings. The SMILES string of the molecule is Cc1ccc(-c2ccc3ccccc3c2)cc1. The van der Waals surface area contributed by atoms with Crippen molar-refractivity contribution < 1.29 is 0 Å². The Morgan fingerprint density at radius 3 is 2.00 bits per heavy atom. The van der Waals surface area contributed by atoms with Gasteiger partial charge in [-0.1, -0.05) is 66.2 Å². The maximum Gasteiger partial charge on any atom is -0.0178 e. The zero-order chi connectivity index (χ0) is 11.7. The maximum atomic E-state index is 2.25. The van der Waals surface area contributed by atoms with E-state index in [1.54, 1.807) is 0 Å². The Morgan fingerprint density at radius 1 is 0.588 bits per heavy atom. The third kappa shape index (κ3) is 1.94. The van der Waals surface area contributed by atoms with Crippen LogP contribution in [0.2, 0.25) is 0 Å². The molecule has 0 saturated heterocycles. The zero-order valence-corrected chi connectivity index (χ0v) is 9.85. The number of hydrogen-bond acceptors (Lipinski definition) is 0. The Labute approximate surface area is 102 Å². The van der Waals surface area contributed by atoms with Crippen LogP contribution in [0.5, 0.6) is 0 Å². The highest BCUT2D eigenvalue weighted by atomic mass is 14.0. The molecule has 0 saturated carbocycles. The lowest BCUT2D eigenvalue weighted by Gasteiger charge is -2.04. The van der Waals surface area contributed by atoms with Crippen molar-refractivity contribution in [3.63, 3.8) is 0 Å². The summed E-state index contributed by atoms with van der Waals surface area (Å²) in [6.07, 6.45) is 0. The monoisotopic (exact) mass is 218 g/mol. The van der Waals surface area contributed by atoms with Gasteiger partial charge in [-0.15, -0.1) is 0 Å². The van der Waals surface area contributed by atoms with E-state index in [1.165, 1.54) is 27.5 Å². The first-order chi connectivity index (χ1) is 8.33. The van der Waals surface area contributed by atoms with Crippen LogP contribution in [0.15, 0.2) is 66.7 Å². The van der Waals surface area contributed by atoms with Crippen molar-refractivity contribution in [1.29, 1.82) is 0 Å². The second kappa shape index (κ2) is 4.06. The fourth-order valence-electron chi connectivity index (χ4n) is 2.11. The first-order valence-electron chi connectivity index (χ1n) is 5.89. The van der Waals surface area contributed by atoms with E-state index in [0.29, 0.717) is 0 Å². The Balaban J connectivity index is 2.14. The lowest BCUT2D eigenvalue weighted by Crippen LogP contribution is -1.79. The predicted molar refractivity (Wildman–Crippen MR) is 74.1 cm³/mol. The summed E-state index contributed by atoms with van der Waals surface area (Å²) in [6, 6.07) is 23.8. The molecule has 0 aliphatic heterocycles. The first-order valence-corrected chi connectivity index (χ1v) is 5.89. The molecule has 0 N–H and O–H groups in total. The fourth-order valence-corrected chi connectivity index (χ4v) is 2.11. The van der Waals surface area contributed by atoms with E-state index in [1.807, 2.05) is 0 Å². The lowest BCUT2D eigenvalue weighted by molar-refractivity contribution is 1.47. The van der Waals surface area contributed by atoms with Crippen molar-refractivity contribution in [3.8, 4) is 11.1 Å². The molecule has 0 heterocycles. The van der Waals surface area contributed by atoms with Gasteiger partial charge in [-0.05, 0) is 34.9 Å². The zero-order valence-electron chi connectivity index (χ0n) is 9.85. The topological polar surface area (TPSA) is 0 Å². The van der Waals surface area contributed by atoms with E-state index < -0.39 is 0 Å². The molecule has 0 spiro atoms. The van der Waals surface area contributed by atoms with Gasteiger partial charge in [0.05, 0.1) is 0 Å². The summed E-state index contributed by atoms with van der Waals surface area (Å²) in [6.45, 7) is 2.12.